The van der Waals surface area contributed by atoms with Crippen molar-refractivity contribution in [3.63, 3.8) is 0 Å². The minimum Gasteiger partial charge on any atom is -0.330 e. The molecule has 0 saturated carbocycles. The van der Waals surface area contributed by atoms with E-state index in [0.29, 0.717) is 0 Å². The van der Waals surface area contributed by atoms with E-state index in [1.807, 2.05) is 0 Å². The van der Waals surface area contributed by atoms with Crippen LogP contribution in [0.5, 0.6) is 0 Å². The van der Waals surface area contributed by atoms with Crippen LogP contribution in [0, 0.1) is 17.0 Å². The summed E-state index contributed by atoms with van der Waals surface area (Å²) in [6, 6.07) is 3.32. The van der Waals surface area contributed by atoms with Gasteiger partial charge >= 0.3 is 6.18 Å². The molecule has 4 nitrogen and oxygen atoms in total. The Morgan fingerprint density at radius 2 is 2.06 bits per heavy atom. The summed E-state index contributed by atoms with van der Waals surface area (Å²) < 4.78 is 37.7. The number of nitro groups is 1. The van der Waals surface area contributed by atoms with Gasteiger partial charge in [-0.2, -0.15) is 13.2 Å². The van der Waals surface area contributed by atoms with Crippen LogP contribution in [0.3, 0.4) is 0 Å². The summed E-state index contributed by atoms with van der Waals surface area (Å²) in [7, 11) is 0. The molecule has 1 aromatic rings. The fraction of sp³-hybridized carbons (Fsp3) is 0.400. The van der Waals surface area contributed by atoms with E-state index in [4.69, 9.17) is 5.73 Å². The van der Waals surface area contributed by atoms with E-state index in [9.17, 15) is 23.3 Å². The monoisotopic (exact) mass is 248 g/mol. The van der Waals surface area contributed by atoms with Gasteiger partial charge in [-0.1, -0.05) is 6.07 Å². The van der Waals surface area contributed by atoms with E-state index in [1.165, 1.54) is 6.92 Å². The van der Waals surface area contributed by atoms with Crippen LogP contribution in [0.2, 0.25) is 0 Å². The average molecular weight is 248 g/mol. The van der Waals surface area contributed by atoms with Crippen LogP contribution < -0.4 is 5.73 Å². The SMILES string of the molecule is Cc1cc(C(CN)C(F)(F)F)ccc1[N+](=O)[O-]. The molecule has 1 aromatic carbocycles. The van der Waals surface area contributed by atoms with E-state index in [-0.39, 0.29) is 16.8 Å². The number of aryl methyl sites for hydroxylation is 1. The Morgan fingerprint density at radius 3 is 2.41 bits per heavy atom. The Balaban J connectivity index is 3.16. The first-order chi connectivity index (χ1) is 7.77. The number of hydrogen-bond donors (Lipinski definition) is 1. The largest absolute Gasteiger partial charge is 0.396 e. The summed E-state index contributed by atoms with van der Waals surface area (Å²) in [6.45, 7) is 0.812. The third-order valence-corrected chi connectivity index (χ3v) is 2.45. The molecule has 0 aromatic heterocycles. The number of nitro benzene ring substituents is 1. The highest BCUT2D eigenvalue weighted by atomic mass is 19.4. The Morgan fingerprint density at radius 1 is 1.47 bits per heavy atom. The number of hydrogen-bond acceptors (Lipinski definition) is 3. The molecule has 1 atom stereocenters. The molecule has 0 radical (unpaired) electrons. The molecule has 94 valence electrons. The first-order valence-corrected chi connectivity index (χ1v) is 4.79. The summed E-state index contributed by atoms with van der Waals surface area (Å²) in [5.74, 6) is -1.79. The van der Waals surface area contributed by atoms with Crippen LogP contribution >= 0.6 is 0 Å². The maximum atomic E-state index is 12.6. The molecule has 0 spiro atoms. The fourth-order valence-corrected chi connectivity index (χ4v) is 1.56. The van der Waals surface area contributed by atoms with Gasteiger partial charge in [0, 0.05) is 18.2 Å². The highest BCUT2D eigenvalue weighted by Gasteiger charge is 2.39. The van der Waals surface area contributed by atoms with Gasteiger partial charge in [-0.05, 0) is 18.6 Å². The summed E-state index contributed by atoms with van der Waals surface area (Å²) in [6.07, 6.45) is -4.45. The molecule has 2 N–H and O–H groups in total. The first kappa shape index (κ1) is 13.4. The van der Waals surface area contributed by atoms with Gasteiger partial charge < -0.3 is 5.73 Å². The number of halogens is 3. The Labute approximate surface area is 95.4 Å². The van der Waals surface area contributed by atoms with Crippen molar-refractivity contribution >= 4 is 5.69 Å². The van der Waals surface area contributed by atoms with Gasteiger partial charge in [-0.25, -0.2) is 0 Å². The molecule has 0 aliphatic rings. The lowest BCUT2D eigenvalue weighted by molar-refractivity contribution is -0.385. The predicted molar refractivity (Wildman–Crippen MR) is 55.7 cm³/mol. The van der Waals surface area contributed by atoms with Crippen molar-refractivity contribution in [1.29, 1.82) is 0 Å². The van der Waals surface area contributed by atoms with Gasteiger partial charge in [0.1, 0.15) is 0 Å². The van der Waals surface area contributed by atoms with Gasteiger partial charge in [0.25, 0.3) is 5.69 Å². The quantitative estimate of drug-likeness (QED) is 0.660. The minimum atomic E-state index is -4.45. The summed E-state index contributed by atoms with van der Waals surface area (Å²) in [5.41, 5.74) is 5.02. The third-order valence-electron chi connectivity index (χ3n) is 2.45. The molecule has 17 heavy (non-hydrogen) atoms. The van der Waals surface area contributed by atoms with Gasteiger partial charge in [0.05, 0.1) is 10.8 Å². The van der Waals surface area contributed by atoms with Crippen molar-refractivity contribution in [2.75, 3.05) is 6.54 Å². The maximum absolute atomic E-state index is 12.6. The number of benzene rings is 1. The number of alkyl halides is 3. The average Bonchev–Trinajstić information content (AvgIpc) is 2.15. The Bertz CT molecular complexity index is 432. The van der Waals surface area contributed by atoms with Crippen LogP contribution in [0.15, 0.2) is 18.2 Å². The van der Waals surface area contributed by atoms with E-state index in [0.717, 1.165) is 18.2 Å². The van der Waals surface area contributed by atoms with Gasteiger partial charge in [-0.3, -0.25) is 10.1 Å². The van der Waals surface area contributed by atoms with Crippen LogP contribution in [-0.2, 0) is 0 Å². The minimum absolute atomic E-state index is 0.0527. The summed E-state index contributed by atoms with van der Waals surface area (Å²) >= 11 is 0. The molecule has 0 aliphatic heterocycles. The fourth-order valence-electron chi connectivity index (χ4n) is 1.56. The lowest BCUT2D eigenvalue weighted by Gasteiger charge is -2.19. The number of nitrogens with two attached hydrogens (primary N) is 1. The standard InChI is InChI=1S/C10H11F3N2O2/c1-6-4-7(2-3-9(6)15(16)17)8(5-14)10(11,12)13/h2-4,8H,5,14H2,1H3. The van der Waals surface area contributed by atoms with E-state index in [1.54, 1.807) is 0 Å². The zero-order valence-electron chi connectivity index (χ0n) is 8.99. The van der Waals surface area contributed by atoms with E-state index < -0.39 is 23.6 Å². The van der Waals surface area contributed by atoms with Crippen molar-refractivity contribution in [2.24, 2.45) is 5.73 Å². The third kappa shape index (κ3) is 2.94. The van der Waals surface area contributed by atoms with Crippen molar-refractivity contribution in [2.45, 2.75) is 19.0 Å². The highest BCUT2D eigenvalue weighted by molar-refractivity contribution is 5.43. The Hall–Kier alpha value is -1.63. The molecule has 7 heteroatoms. The molecular formula is C10H11F3N2O2. The molecule has 0 bridgehead atoms. The normalized spacial score (nSPS) is 13.5. The predicted octanol–water partition coefficient (Wildman–Crippen LogP) is 2.51. The zero-order valence-corrected chi connectivity index (χ0v) is 8.99. The van der Waals surface area contributed by atoms with E-state index in [2.05, 4.69) is 0 Å². The molecule has 0 heterocycles. The topological polar surface area (TPSA) is 69.2 Å². The summed E-state index contributed by atoms with van der Waals surface area (Å²) in [5, 5.41) is 10.5. The second-order valence-corrected chi connectivity index (χ2v) is 3.63. The lowest BCUT2D eigenvalue weighted by atomic mass is 9.96. The smallest absolute Gasteiger partial charge is 0.330 e. The molecule has 0 amide bonds. The van der Waals surface area contributed by atoms with Gasteiger partial charge in [-0.15, -0.1) is 0 Å². The molecule has 1 unspecified atom stereocenters. The van der Waals surface area contributed by atoms with Crippen LogP contribution in [-0.4, -0.2) is 17.6 Å². The van der Waals surface area contributed by atoms with E-state index >= 15 is 0 Å². The second kappa shape index (κ2) is 4.70. The molecule has 1 rings (SSSR count). The Kier molecular flexibility index (Phi) is 3.72. The zero-order chi connectivity index (χ0) is 13.2. The molecule has 0 fully saturated rings. The van der Waals surface area contributed by atoms with Gasteiger partial charge in [0.15, 0.2) is 0 Å². The van der Waals surface area contributed by atoms with Crippen molar-refractivity contribution in [3.8, 4) is 0 Å². The van der Waals surface area contributed by atoms with Gasteiger partial charge in [0.2, 0.25) is 0 Å². The van der Waals surface area contributed by atoms with Crippen molar-refractivity contribution in [1.82, 2.24) is 0 Å². The van der Waals surface area contributed by atoms with Crippen molar-refractivity contribution in [3.05, 3.63) is 39.4 Å². The van der Waals surface area contributed by atoms with Crippen LogP contribution in [0.1, 0.15) is 17.0 Å². The first-order valence-electron chi connectivity index (χ1n) is 4.79. The lowest BCUT2D eigenvalue weighted by Crippen LogP contribution is -2.28. The summed E-state index contributed by atoms with van der Waals surface area (Å²) in [4.78, 5) is 9.89. The second-order valence-electron chi connectivity index (χ2n) is 3.63. The van der Waals surface area contributed by atoms with Crippen molar-refractivity contribution < 1.29 is 18.1 Å². The highest BCUT2D eigenvalue weighted by Crippen LogP contribution is 2.35. The molecule has 0 aliphatic carbocycles. The van der Waals surface area contributed by atoms with Crippen LogP contribution in [0.4, 0.5) is 18.9 Å². The number of nitrogens with zero attached hydrogens (tertiary/aromatic N) is 1. The van der Waals surface area contributed by atoms with Crippen LogP contribution in [0.25, 0.3) is 0 Å². The number of rotatable bonds is 3. The maximum Gasteiger partial charge on any atom is 0.396 e. The molecule has 0 saturated heterocycles. The molecular weight excluding hydrogens is 237 g/mol.